The molecule has 2 rings (SSSR count). The van der Waals surface area contributed by atoms with Crippen molar-refractivity contribution in [1.29, 1.82) is 0 Å². The maximum absolute atomic E-state index is 9.64. The second-order valence-corrected chi connectivity index (χ2v) is 4.25. The van der Waals surface area contributed by atoms with E-state index in [4.69, 9.17) is 15.2 Å². The molecule has 1 aromatic rings. The van der Waals surface area contributed by atoms with Gasteiger partial charge in [0.1, 0.15) is 12.3 Å². The summed E-state index contributed by atoms with van der Waals surface area (Å²) in [5.41, 5.74) is 5.55. The van der Waals surface area contributed by atoms with Crippen molar-refractivity contribution < 1.29 is 19.7 Å². The number of methoxy groups -OCH3 is 1. The van der Waals surface area contributed by atoms with Crippen molar-refractivity contribution in [2.45, 2.75) is 24.9 Å². The lowest BCUT2D eigenvalue weighted by molar-refractivity contribution is -0.120. The Morgan fingerprint density at radius 2 is 2.05 bits per heavy atom. The second kappa shape index (κ2) is 5.51. The summed E-state index contributed by atoms with van der Waals surface area (Å²) in [5, 5.41) is 19.0. The van der Waals surface area contributed by atoms with Crippen LogP contribution in [-0.4, -0.2) is 64.4 Å². The van der Waals surface area contributed by atoms with E-state index in [1.54, 1.807) is 11.9 Å². The summed E-state index contributed by atoms with van der Waals surface area (Å²) >= 11 is 0. The Morgan fingerprint density at radius 3 is 2.68 bits per heavy atom. The van der Waals surface area contributed by atoms with Gasteiger partial charge in [0, 0.05) is 13.5 Å². The fraction of sp³-hybridized carbons (Fsp3) is 0.700. The van der Waals surface area contributed by atoms with Crippen LogP contribution in [0.3, 0.4) is 0 Å². The summed E-state index contributed by atoms with van der Waals surface area (Å²) in [6.07, 6.45) is -1.93. The molecule has 4 N–H and O–H groups in total. The monoisotopic (exact) mass is 271 g/mol. The van der Waals surface area contributed by atoms with Crippen LogP contribution in [0.25, 0.3) is 0 Å². The first-order chi connectivity index (χ1) is 9.01. The average molecular weight is 271 g/mol. The molecular weight excluding hydrogens is 254 g/mol. The van der Waals surface area contributed by atoms with Gasteiger partial charge in [-0.1, -0.05) is 0 Å². The number of nitrogens with zero attached hydrogens (tertiary/aromatic N) is 4. The van der Waals surface area contributed by atoms with Crippen molar-refractivity contribution >= 4 is 11.9 Å². The standard InChI is InChI=1S/C10H17N5O4/c1-15(7-3-5(16)6(17)4-19-7)9-12-8(11)13-10(14-9)18-2/h5-7,16-17H,3-4H2,1-2H3,(H2,11,12,13,14)/t5-,6+,7+/m0/s1. The number of anilines is 2. The molecule has 1 fully saturated rings. The van der Waals surface area contributed by atoms with Crippen LogP contribution in [0.2, 0.25) is 0 Å². The smallest absolute Gasteiger partial charge is 0.322 e. The van der Waals surface area contributed by atoms with E-state index in [1.165, 1.54) is 7.11 Å². The first-order valence-electron chi connectivity index (χ1n) is 5.77. The molecule has 0 spiro atoms. The van der Waals surface area contributed by atoms with Crippen molar-refractivity contribution in [3.8, 4) is 6.01 Å². The summed E-state index contributed by atoms with van der Waals surface area (Å²) in [6.45, 7) is 0.0495. The largest absolute Gasteiger partial charge is 0.467 e. The highest BCUT2D eigenvalue weighted by Gasteiger charge is 2.31. The van der Waals surface area contributed by atoms with Crippen LogP contribution in [0.15, 0.2) is 0 Å². The van der Waals surface area contributed by atoms with Gasteiger partial charge in [0.25, 0.3) is 0 Å². The predicted octanol–water partition coefficient (Wildman–Crippen LogP) is -1.63. The molecule has 9 heteroatoms. The summed E-state index contributed by atoms with van der Waals surface area (Å²) in [5.74, 6) is 0.308. The van der Waals surface area contributed by atoms with Gasteiger partial charge in [-0.2, -0.15) is 15.0 Å². The van der Waals surface area contributed by atoms with Crippen LogP contribution < -0.4 is 15.4 Å². The minimum atomic E-state index is -0.873. The number of nitrogens with two attached hydrogens (primary N) is 1. The fourth-order valence-electron chi connectivity index (χ4n) is 1.76. The molecule has 9 nitrogen and oxygen atoms in total. The zero-order valence-corrected chi connectivity index (χ0v) is 10.7. The molecule has 0 aliphatic carbocycles. The molecular formula is C10H17N5O4. The number of hydrogen-bond donors (Lipinski definition) is 3. The number of ether oxygens (including phenoxy) is 2. The molecule has 1 aliphatic heterocycles. The quantitative estimate of drug-likeness (QED) is 0.593. The molecule has 1 aliphatic rings. The van der Waals surface area contributed by atoms with Crippen LogP contribution >= 0.6 is 0 Å². The Bertz CT molecular complexity index is 446. The van der Waals surface area contributed by atoms with Crippen molar-refractivity contribution in [3.63, 3.8) is 0 Å². The lowest BCUT2D eigenvalue weighted by Gasteiger charge is -2.35. The lowest BCUT2D eigenvalue weighted by Crippen LogP contribution is -2.48. The number of hydrogen-bond acceptors (Lipinski definition) is 9. The minimum absolute atomic E-state index is 0.0325. The van der Waals surface area contributed by atoms with E-state index in [-0.39, 0.29) is 30.9 Å². The Hall–Kier alpha value is -1.71. The van der Waals surface area contributed by atoms with E-state index in [0.29, 0.717) is 0 Å². The molecule has 2 heterocycles. The van der Waals surface area contributed by atoms with Gasteiger partial charge in [-0.05, 0) is 0 Å². The molecule has 0 saturated carbocycles. The van der Waals surface area contributed by atoms with Gasteiger partial charge in [0.05, 0.1) is 19.8 Å². The van der Waals surface area contributed by atoms with Gasteiger partial charge < -0.3 is 30.3 Å². The SMILES string of the molecule is COc1nc(N)nc(N(C)[C@H]2C[C@H](O)[C@H](O)CO2)n1. The number of rotatable bonds is 3. The van der Waals surface area contributed by atoms with Crippen LogP contribution in [0.1, 0.15) is 6.42 Å². The third-order valence-corrected chi connectivity index (χ3v) is 2.90. The number of aliphatic hydroxyl groups excluding tert-OH is 2. The molecule has 0 radical (unpaired) electrons. The number of aliphatic hydroxyl groups is 2. The average Bonchev–Trinajstić information content (AvgIpc) is 2.40. The van der Waals surface area contributed by atoms with Crippen LogP contribution in [0.5, 0.6) is 6.01 Å². The predicted molar refractivity (Wildman–Crippen MR) is 65.6 cm³/mol. The Kier molecular flexibility index (Phi) is 3.98. The topological polar surface area (TPSA) is 127 Å². The summed E-state index contributed by atoms with van der Waals surface area (Å²) in [4.78, 5) is 13.4. The third kappa shape index (κ3) is 3.00. The molecule has 106 valence electrons. The molecule has 3 atom stereocenters. The van der Waals surface area contributed by atoms with Crippen molar-refractivity contribution in [2.24, 2.45) is 0 Å². The van der Waals surface area contributed by atoms with Gasteiger partial charge in [-0.25, -0.2) is 0 Å². The molecule has 0 bridgehead atoms. The number of nitrogen functional groups attached to an aromatic ring is 1. The van der Waals surface area contributed by atoms with E-state index in [9.17, 15) is 10.2 Å². The van der Waals surface area contributed by atoms with E-state index in [2.05, 4.69) is 15.0 Å². The van der Waals surface area contributed by atoms with E-state index < -0.39 is 18.4 Å². The van der Waals surface area contributed by atoms with E-state index in [0.717, 1.165) is 0 Å². The third-order valence-electron chi connectivity index (χ3n) is 2.90. The molecule has 0 unspecified atom stereocenters. The Labute approximate surface area is 110 Å². The highest BCUT2D eigenvalue weighted by Crippen LogP contribution is 2.21. The van der Waals surface area contributed by atoms with Crippen molar-refractivity contribution in [2.75, 3.05) is 31.4 Å². The molecule has 1 aromatic heterocycles. The normalized spacial score (nSPS) is 27.1. The first kappa shape index (κ1) is 13.7. The Morgan fingerprint density at radius 1 is 1.32 bits per heavy atom. The summed E-state index contributed by atoms with van der Waals surface area (Å²) < 4.78 is 10.3. The van der Waals surface area contributed by atoms with E-state index >= 15 is 0 Å². The van der Waals surface area contributed by atoms with Crippen LogP contribution in [0, 0.1) is 0 Å². The van der Waals surface area contributed by atoms with Gasteiger partial charge in [-0.15, -0.1) is 0 Å². The molecule has 0 aromatic carbocycles. The van der Waals surface area contributed by atoms with Crippen molar-refractivity contribution in [3.05, 3.63) is 0 Å². The lowest BCUT2D eigenvalue weighted by atomic mass is 10.1. The molecule has 1 saturated heterocycles. The summed E-state index contributed by atoms with van der Waals surface area (Å²) in [6, 6.07) is 0.103. The maximum Gasteiger partial charge on any atom is 0.322 e. The highest BCUT2D eigenvalue weighted by molar-refractivity contribution is 5.35. The second-order valence-electron chi connectivity index (χ2n) is 4.25. The van der Waals surface area contributed by atoms with Gasteiger partial charge in [0.15, 0.2) is 0 Å². The first-order valence-corrected chi connectivity index (χ1v) is 5.77. The van der Waals surface area contributed by atoms with E-state index in [1.807, 2.05) is 0 Å². The zero-order valence-electron chi connectivity index (χ0n) is 10.7. The zero-order chi connectivity index (χ0) is 14.0. The van der Waals surface area contributed by atoms with Crippen LogP contribution in [0.4, 0.5) is 11.9 Å². The fourth-order valence-corrected chi connectivity index (χ4v) is 1.76. The minimum Gasteiger partial charge on any atom is -0.467 e. The van der Waals surface area contributed by atoms with Gasteiger partial charge in [0.2, 0.25) is 11.9 Å². The van der Waals surface area contributed by atoms with Gasteiger partial charge >= 0.3 is 6.01 Å². The molecule has 0 amide bonds. The Balaban J connectivity index is 2.15. The van der Waals surface area contributed by atoms with Crippen molar-refractivity contribution in [1.82, 2.24) is 15.0 Å². The van der Waals surface area contributed by atoms with Crippen LogP contribution in [-0.2, 0) is 4.74 Å². The maximum atomic E-state index is 9.64. The van der Waals surface area contributed by atoms with Gasteiger partial charge in [-0.3, -0.25) is 0 Å². The summed E-state index contributed by atoms with van der Waals surface area (Å²) in [7, 11) is 3.12. The highest BCUT2D eigenvalue weighted by atomic mass is 16.5. The molecule has 19 heavy (non-hydrogen) atoms. The number of aromatic nitrogens is 3.